The fraction of sp³-hybridized carbons (Fsp3) is 0. The number of nitrogen functional groups attached to an aromatic ring is 1. The van der Waals surface area contributed by atoms with Crippen LogP contribution in [-0.4, -0.2) is 30.4 Å². The van der Waals surface area contributed by atoms with Crippen molar-refractivity contribution in [1.29, 1.82) is 5.41 Å². The molecule has 19 heavy (non-hydrogen) atoms. The van der Waals surface area contributed by atoms with Crippen LogP contribution in [0.15, 0.2) is 47.0 Å². The summed E-state index contributed by atoms with van der Waals surface area (Å²) in [5, 5.41) is 16.6. The monoisotopic (exact) mass is 271 g/mol. The molecule has 0 fully saturated rings. The Labute approximate surface area is 112 Å². The Hall–Kier alpha value is -2.48. The van der Waals surface area contributed by atoms with Gasteiger partial charge >= 0.3 is 0 Å². The summed E-state index contributed by atoms with van der Waals surface area (Å²) in [7, 11) is 0. The molecule has 0 amide bonds. The van der Waals surface area contributed by atoms with E-state index in [2.05, 4.69) is 20.2 Å². The standard InChI is InChI=1S/C11H9N7S/c12-9(13)7-4-5-14-10(15-7)19-11-17-16-8-3-1-2-6-18(8)11/h1-6H,(H3,12,13). The van der Waals surface area contributed by atoms with Crippen molar-refractivity contribution in [3.8, 4) is 0 Å². The molecule has 8 heteroatoms. The summed E-state index contributed by atoms with van der Waals surface area (Å²) in [6, 6.07) is 7.25. The van der Waals surface area contributed by atoms with Gasteiger partial charge in [0, 0.05) is 12.4 Å². The van der Waals surface area contributed by atoms with E-state index in [9.17, 15) is 0 Å². The number of nitrogens with one attached hydrogen (secondary N) is 1. The van der Waals surface area contributed by atoms with Gasteiger partial charge in [0.05, 0.1) is 0 Å². The van der Waals surface area contributed by atoms with Gasteiger partial charge in [-0.25, -0.2) is 9.97 Å². The third-order valence-corrected chi connectivity index (χ3v) is 3.21. The second-order valence-corrected chi connectivity index (χ2v) is 4.59. The molecule has 7 nitrogen and oxygen atoms in total. The highest BCUT2D eigenvalue weighted by molar-refractivity contribution is 7.99. The summed E-state index contributed by atoms with van der Waals surface area (Å²) in [6.45, 7) is 0. The van der Waals surface area contributed by atoms with Crippen LogP contribution in [0.25, 0.3) is 5.65 Å². The van der Waals surface area contributed by atoms with Crippen LogP contribution in [0.4, 0.5) is 0 Å². The molecule has 3 aromatic rings. The molecule has 3 rings (SSSR count). The summed E-state index contributed by atoms with van der Waals surface area (Å²) >= 11 is 1.27. The molecule has 0 radical (unpaired) electrons. The Morgan fingerprint density at radius 3 is 3.00 bits per heavy atom. The first-order chi connectivity index (χ1) is 9.24. The zero-order chi connectivity index (χ0) is 13.2. The molecule has 3 heterocycles. The van der Waals surface area contributed by atoms with Crippen LogP contribution in [0.2, 0.25) is 0 Å². The summed E-state index contributed by atoms with van der Waals surface area (Å²) < 4.78 is 1.84. The van der Waals surface area contributed by atoms with Crippen LogP contribution in [0.5, 0.6) is 0 Å². The topological polar surface area (TPSA) is 106 Å². The molecule has 0 atom stereocenters. The van der Waals surface area contributed by atoms with Crippen molar-refractivity contribution in [3.63, 3.8) is 0 Å². The highest BCUT2D eigenvalue weighted by atomic mass is 32.2. The molecule has 0 aliphatic rings. The lowest BCUT2D eigenvalue weighted by atomic mass is 10.4. The highest BCUT2D eigenvalue weighted by Crippen LogP contribution is 2.22. The van der Waals surface area contributed by atoms with E-state index in [0.717, 1.165) is 5.65 Å². The van der Waals surface area contributed by atoms with Crippen LogP contribution < -0.4 is 5.73 Å². The molecule has 0 saturated heterocycles. The van der Waals surface area contributed by atoms with Gasteiger partial charge < -0.3 is 5.73 Å². The summed E-state index contributed by atoms with van der Waals surface area (Å²) in [5.74, 6) is -0.0876. The third kappa shape index (κ3) is 2.25. The first-order valence-corrected chi connectivity index (χ1v) is 6.21. The van der Waals surface area contributed by atoms with E-state index in [4.69, 9.17) is 11.1 Å². The van der Waals surface area contributed by atoms with E-state index < -0.39 is 0 Å². The number of hydrogen-bond donors (Lipinski definition) is 2. The quantitative estimate of drug-likeness (QED) is 0.417. The third-order valence-electron chi connectivity index (χ3n) is 2.37. The molecule has 0 unspecified atom stereocenters. The first kappa shape index (κ1) is 11.6. The maximum Gasteiger partial charge on any atom is 0.203 e. The van der Waals surface area contributed by atoms with Crippen molar-refractivity contribution in [3.05, 3.63) is 42.4 Å². The average molecular weight is 271 g/mol. The average Bonchev–Trinajstić information content (AvgIpc) is 2.83. The van der Waals surface area contributed by atoms with Gasteiger partial charge in [0.1, 0.15) is 11.5 Å². The normalized spacial score (nSPS) is 10.7. The van der Waals surface area contributed by atoms with E-state index in [0.29, 0.717) is 16.0 Å². The van der Waals surface area contributed by atoms with Gasteiger partial charge in [0.2, 0.25) is 5.16 Å². The molecule has 3 aromatic heterocycles. The van der Waals surface area contributed by atoms with Crippen molar-refractivity contribution in [1.82, 2.24) is 24.6 Å². The number of rotatable bonds is 3. The van der Waals surface area contributed by atoms with Gasteiger partial charge in [-0.05, 0) is 30.0 Å². The lowest BCUT2D eigenvalue weighted by Crippen LogP contribution is -2.13. The van der Waals surface area contributed by atoms with E-state index in [1.807, 2.05) is 28.8 Å². The SMILES string of the molecule is N=C(N)c1ccnc(Sc2nnc3ccccn23)n1. The number of hydrogen-bond acceptors (Lipinski definition) is 6. The lowest BCUT2D eigenvalue weighted by Gasteiger charge is -2.00. The minimum atomic E-state index is -0.0876. The van der Waals surface area contributed by atoms with Gasteiger partial charge in [-0.2, -0.15) is 0 Å². The molecule has 0 aliphatic heterocycles. The minimum absolute atomic E-state index is 0.0876. The van der Waals surface area contributed by atoms with Crippen molar-refractivity contribution >= 4 is 23.2 Å². The zero-order valence-electron chi connectivity index (χ0n) is 9.69. The van der Waals surface area contributed by atoms with Gasteiger partial charge in [-0.1, -0.05) is 6.07 Å². The van der Waals surface area contributed by atoms with Gasteiger partial charge in [0.15, 0.2) is 10.8 Å². The van der Waals surface area contributed by atoms with Gasteiger partial charge in [-0.3, -0.25) is 9.81 Å². The molecule has 0 saturated carbocycles. The maximum atomic E-state index is 7.36. The molecular weight excluding hydrogens is 262 g/mol. The molecule has 0 spiro atoms. The Morgan fingerprint density at radius 2 is 2.16 bits per heavy atom. The Balaban J connectivity index is 1.97. The van der Waals surface area contributed by atoms with Crippen LogP contribution >= 0.6 is 11.8 Å². The second-order valence-electron chi connectivity index (χ2n) is 3.65. The molecule has 3 N–H and O–H groups in total. The largest absolute Gasteiger partial charge is 0.382 e. The summed E-state index contributed by atoms with van der Waals surface area (Å²) in [6.07, 6.45) is 3.43. The summed E-state index contributed by atoms with van der Waals surface area (Å²) in [5.41, 5.74) is 6.55. The maximum absolute atomic E-state index is 7.36. The molecule has 0 aliphatic carbocycles. The summed E-state index contributed by atoms with van der Waals surface area (Å²) in [4.78, 5) is 8.30. The number of fused-ring (bicyclic) bond motifs is 1. The van der Waals surface area contributed by atoms with Crippen LogP contribution in [0.3, 0.4) is 0 Å². The Kier molecular flexibility index (Phi) is 2.84. The van der Waals surface area contributed by atoms with Crippen molar-refractivity contribution in [2.75, 3.05) is 0 Å². The van der Waals surface area contributed by atoms with E-state index in [1.165, 1.54) is 11.8 Å². The second kappa shape index (κ2) is 4.65. The van der Waals surface area contributed by atoms with Crippen LogP contribution in [0.1, 0.15) is 5.69 Å². The fourth-order valence-corrected chi connectivity index (χ4v) is 2.27. The fourth-order valence-electron chi connectivity index (χ4n) is 1.51. The van der Waals surface area contributed by atoms with Crippen LogP contribution in [0, 0.1) is 5.41 Å². The van der Waals surface area contributed by atoms with Gasteiger partial charge in [0.25, 0.3) is 0 Å². The predicted molar refractivity (Wildman–Crippen MR) is 70.2 cm³/mol. The molecular formula is C11H9N7S. The highest BCUT2D eigenvalue weighted by Gasteiger charge is 2.09. The van der Waals surface area contributed by atoms with Crippen molar-refractivity contribution in [2.45, 2.75) is 10.3 Å². The molecule has 0 bridgehead atoms. The molecule has 94 valence electrons. The van der Waals surface area contributed by atoms with E-state index >= 15 is 0 Å². The van der Waals surface area contributed by atoms with E-state index in [-0.39, 0.29) is 5.84 Å². The first-order valence-electron chi connectivity index (χ1n) is 5.39. The zero-order valence-corrected chi connectivity index (χ0v) is 10.5. The smallest absolute Gasteiger partial charge is 0.203 e. The minimum Gasteiger partial charge on any atom is -0.382 e. The molecule has 0 aromatic carbocycles. The van der Waals surface area contributed by atoms with E-state index in [1.54, 1.807) is 12.3 Å². The van der Waals surface area contributed by atoms with Gasteiger partial charge in [-0.15, -0.1) is 10.2 Å². The number of nitrogens with two attached hydrogens (primary N) is 1. The number of pyridine rings is 1. The Morgan fingerprint density at radius 1 is 1.26 bits per heavy atom. The van der Waals surface area contributed by atoms with Crippen molar-refractivity contribution in [2.24, 2.45) is 5.73 Å². The predicted octanol–water partition coefficient (Wildman–Crippen LogP) is 0.955. The number of nitrogens with zero attached hydrogens (tertiary/aromatic N) is 5. The number of aromatic nitrogens is 5. The Bertz CT molecular complexity index is 751. The van der Waals surface area contributed by atoms with Crippen LogP contribution in [-0.2, 0) is 0 Å². The lowest BCUT2D eigenvalue weighted by molar-refractivity contribution is 0.896. The van der Waals surface area contributed by atoms with Crippen molar-refractivity contribution < 1.29 is 0 Å². The number of amidine groups is 1.